The minimum absolute atomic E-state index is 0.125. The van der Waals surface area contributed by atoms with Gasteiger partial charge in [0.05, 0.1) is 18.3 Å². The monoisotopic (exact) mass is 401 g/mol. The smallest absolute Gasteiger partial charge is 0.225 e. The van der Waals surface area contributed by atoms with Gasteiger partial charge in [-0.15, -0.1) is 10.2 Å². The van der Waals surface area contributed by atoms with Crippen molar-refractivity contribution in [3.8, 4) is 5.69 Å². The van der Waals surface area contributed by atoms with Crippen molar-refractivity contribution in [1.82, 2.24) is 24.7 Å². The van der Waals surface area contributed by atoms with E-state index in [2.05, 4.69) is 75.9 Å². The number of hydrogen-bond acceptors (Lipinski definition) is 6. The number of aromatic nitrogens is 5. The molecule has 2 atom stereocenters. The predicted octanol–water partition coefficient (Wildman–Crippen LogP) is 2.70. The molecule has 2 aliphatic rings. The highest BCUT2D eigenvalue weighted by Crippen LogP contribution is 2.42. The zero-order valence-electron chi connectivity index (χ0n) is 17.9. The Bertz CT molecular complexity index is 1030. The van der Waals surface area contributed by atoms with Crippen molar-refractivity contribution in [2.24, 2.45) is 0 Å². The van der Waals surface area contributed by atoms with E-state index in [0.29, 0.717) is 12.0 Å². The van der Waals surface area contributed by atoms with Gasteiger partial charge in [0, 0.05) is 6.04 Å². The molecule has 1 fully saturated rings. The molecule has 0 saturated heterocycles. The largest absolute Gasteiger partial charge is 0.348 e. The van der Waals surface area contributed by atoms with Crippen LogP contribution in [0.1, 0.15) is 69.4 Å². The van der Waals surface area contributed by atoms with Crippen LogP contribution >= 0.6 is 0 Å². The van der Waals surface area contributed by atoms with E-state index in [1.165, 1.54) is 36.7 Å². The molecule has 0 bridgehead atoms. The zero-order valence-corrected chi connectivity index (χ0v) is 17.9. The normalized spacial score (nSPS) is 19.4. The van der Waals surface area contributed by atoms with Gasteiger partial charge in [-0.05, 0) is 31.7 Å². The first-order chi connectivity index (χ1) is 14.7. The summed E-state index contributed by atoms with van der Waals surface area (Å²) >= 11 is 0. The molecule has 0 spiro atoms. The summed E-state index contributed by atoms with van der Waals surface area (Å²) in [6.45, 7) is 4.37. The van der Waals surface area contributed by atoms with Crippen LogP contribution in [0, 0.1) is 0 Å². The van der Waals surface area contributed by atoms with Crippen molar-refractivity contribution < 1.29 is 0 Å². The van der Waals surface area contributed by atoms with Crippen LogP contribution in [0.3, 0.4) is 0 Å². The minimum atomic E-state index is 0.125. The Hall–Kier alpha value is -2.90. The second-order valence-corrected chi connectivity index (χ2v) is 8.51. The number of benzene rings is 1. The van der Waals surface area contributed by atoms with Crippen LogP contribution in [0.25, 0.3) is 5.69 Å². The fourth-order valence-corrected chi connectivity index (χ4v) is 4.85. The van der Waals surface area contributed by atoms with Gasteiger partial charge in [-0.3, -0.25) is 4.57 Å². The molecule has 1 aliphatic heterocycles. The van der Waals surface area contributed by atoms with Crippen LogP contribution in [0.15, 0.2) is 36.8 Å². The lowest BCUT2D eigenvalue weighted by Crippen LogP contribution is -2.42. The van der Waals surface area contributed by atoms with Gasteiger partial charge in [-0.2, -0.15) is 4.98 Å². The summed E-state index contributed by atoms with van der Waals surface area (Å²) in [6.07, 6.45) is 9.64. The van der Waals surface area contributed by atoms with Crippen LogP contribution in [0.5, 0.6) is 0 Å². The summed E-state index contributed by atoms with van der Waals surface area (Å²) in [5.74, 6) is 2.65. The molecule has 1 aliphatic carbocycles. The highest BCUT2D eigenvalue weighted by atomic mass is 15.4. The molecule has 154 valence electrons. The molecule has 0 unspecified atom stereocenters. The Kier molecular flexibility index (Phi) is 4.93. The zero-order chi connectivity index (χ0) is 20.7. The molecule has 3 heterocycles. The Labute approximate surface area is 178 Å². The van der Waals surface area contributed by atoms with Crippen LogP contribution < -0.4 is 15.7 Å². The fraction of sp³-hybridized carbons (Fsp3) is 0.455. The summed E-state index contributed by atoms with van der Waals surface area (Å²) in [6, 6.07) is 9.42. The minimum Gasteiger partial charge on any atom is -0.348 e. The molecule has 1 saturated carbocycles. The summed E-state index contributed by atoms with van der Waals surface area (Å²) < 4.78 is 2.06. The maximum atomic E-state index is 5.03. The summed E-state index contributed by atoms with van der Waals surface area (Å²) in [5, 5.41) is 12.1. The molecule has 5 rings (SSSR count). The standard InChI is InChI=1S/C22H28BN7/c1-3-18-21-28-25-13-29(21)19-12-24-22(26-14(2)15-8-10-16(23)11-9-15)27-20(19)30(18)17-6-4-5-7-17/h8-14,17-18H,3-7,23H2,1-2H3,(H,24,26,27)/t14-,18+/m0/s1. The maximum absolute atomic E-state index is 5.03. The van der Waals surface area contributed by atoms with E-state index in [1.807, 2.05) is 6.20 Å². The average molecular weight is 401 g/mol. The van der Waals surface area contributed by atoms with E-state index in [1.54, 1.807) is 6.33 Å². The SMILES string of the molecule is Bc1ccc([C@H](C)Nc2ncc3c(n2)N(C2CCCC2)[C@H](CC)c2nncn2-3)cc1. The highest BCUT2D eigenvalue weighted by molar-refractivity contribution is 6.32. The maximum Gasteiger partial charge on any atom is 0.225 e. The van der Waals surface area contributed by atoms with Gasteiger partial charge in [-0.1, -0.05) is 49.5 Å². The van der Waals surface area contributed by atoms with Crippen molar-refractivity contribution >= 4 is 25.1 Å². The molecular weight excluding hydrogens is 373 g/mol. The van der Waals surface area contributed by atoms with E-state index in [4.69, 9.17) is 4.98 Å². The van der Waals surface area contributed by atoms with E-state index < -0.39 is 0 Å². The molecular formula is C22H28BN7. The Morgan fingerprint density at radius 2 is 1.97 bits per heavy atom. The number of fused-ring (bicyclic) bond motifs is 3. The molecule has 8 heteroatoms. The lowest BCUT2D eigenvalue weighted by molar-refractivity contribution is 0.469. The summed E-state index contributed by atoms with van der Waals surface area (Å²) in [5.41, 5.74) is 3.46. The molecule has 1 aromatic carbocycles. The lowest BCUT2D eigenvalue weighted by atomic mass is 9.94. The van der Waals surface area contributed by atoms with Gasteiger partial charge < -0.3 is 10.2 Å². The van der Waals surface area contributed by atoms with Crippen LogP contribution in [-0.2, 0) is 0 Å². The molecule has 1 N–H and O–H groups in total. The molecule has 0 radical (unpaired) electrons. The first-order valence-corrected chi connectivity index (χ1v) is 11.0. The van der Waals surface area contributed by atoms with Crippen molar-refractivity contribution in [2.75, 3.05) is 10.2 Å². The predicted molar refractivity (Wildman–Crippen MR) is 121 cm³/mol. The second kappa shape index (κ2) is 7.74. The van der Waals surface area contributed by atoms with Gasteiger partial charge >= 0.3 is 0 Å². The first kappa shape index (κ1) is 19.1. The Morgan fingerprint density at radius 1 is 1.20 bits per heavy atom. The highest BCUT2D eigenvalue weighted by Gasteiger charge is 2.38. The van der Waals surface area contributed by atoms with Gasteiger partial charge in [0.15, 0.2) is 11.6 Å². The molecule has 3 aromatic rings. The molecule has 2 aromatic heterocycles. The number of rotatable bonds is 5. The lowest BCUT2D eigenvalue weighted by Gasteiger charge is -2.40. The van der Waals surface area contributed by atoms with Gasteiger partial charge in [-0.25, -0.2) is 4.98 Å². The third-order valence-corrected chi connectivity index (χ3v) is 6.49. The van der Waals surface area contributed by atoms with Crippen LogP contribution in [0.2, 0.25) is 0 Å². The first-order valence-electron chi connectivity index (χ1n) is 11.0. The number of nitrogens with one attached hydrogen (secondary N) is 1. The molecule has 0 amide bonds. The Balaban J connectivity index is 1.52. The fourth-order valence-electron chi connectivity index (χ4n) is 4.85. The van der Waals surface area contributed by atoms with E-state index in [9.17, 15) is 0 Å². The quantitative estimate of drug-likeness (QED) is 0.663. The summed E-state index contributed by atoms with van der Waals surface area (Å²) in [4.78, 5) is 12.2. The Morgan fingerprint density at radius 3 is 2.70 bits per heavy atom. The van der Waals surface area contributed by atoms with E-state index in [0.717, 1.165) is 23.8 Å². The molecule has 7 nitrogen and oxygen atoms in total. The van der Waals surface area contributed by atoms with Crippen LogP contribution in [0.4, 0.5) is 11.8 Å². The van der Waals surface area contributed by atoms with E-state index >= 15 is 0 Å². The number of nitrogens with zero attached hydrogens (tertiary/aromatic N) is 6. The van der Waals surface area contributed by atoms with Gasteiger partial charge in [0.2, 0.25) is 5.95 Å². The summed E-state index contributed by atoms with van der Waals surface area (Å²) in [7, 11) is 2.11. The van der Waals surface area contributed by atoms with Crippen LogP contribution in [-0.4, -0.2) is 38.6 Å². The second-order valence-electron chi connectivity index (χ2n) is 8.51. The number of hydrogen-bond donors (Lipinski definition) is 1. The average Bonchev–Trinajstić information content (AvgIpc) is 3.45. The van der Waals surface area contributed by atoms with Crippen molar-refractivity contribution in [3.05, 3.63) is 48.2 Å². The number of anilines is 2. The van der Waals surface area contributed by atoms with Gasteiger partial charge in [0.1, 0.15) is 19.9 Å². The van der Waals surface area contributed by atoms with Crippen molar-refractivity contribution in [1.29, 1.82) is 0 Å². The van der Waals surface area contributed by atoms with Crippen molar-refractivity contribution in [3.63, 3.8) is 0 Å². The molecule has 30 heavy (non-hydrogen) atoms. The van der Waals surface area contributed by atoms with Gasteiger partial charge in [0.25, 0.3) is 0 Å². The third kappa shape index (κ3) is 3.24. The third-order valence-electron chi connectivity index (χ3n) is 6.49. The topological polar surface area (TPSA) is 71.8 Å². The van der Waals surface area contributed by atoms with Crippen molar-refractivity contribution in [2.45, 2.75) is 64.1 Å². The van der Waals surface area contributed by atoms with E-state index in [-0.39, 0.29) is 12.1 Å².